The van der Waals surface area contributed by atoms with Crippen LogP contribution in [0, 0.1) is 11.3 Å². The molecule has 1 aliphatic carbocycles. The van der Waals surface area contributed by atoms with Crippen LogP contribution in [0.5, 0.6) is 0 Å². The van der Waals surface area contributed by atoms with Crippen LogP contribution in [0.15, 0.2) is 0 Å². The smallest absolute Gasteiger partial charge is 0.221 e. The summed E-state index contributed by atoms with van der Waals surface area (Å²) in [5.74, 6) is -0.270. The van der Waals surface area contributed by atoms with E-state index in [0.29, 0.717) is 11.5 Å². The minimum absolute atomic E-state index is 0.0567. The van der Waals surface area contributed by atoms with Crippen LogP contribution in [-0.2, 0) is 4.79 Å². The van der Waals surface area contributed by atoms with Crippen molar-refractivity contribution < 1.29 is 4.79 Å². The number of carbonyl (C=O) groups excluding carboxylic acids is 1. The molecule has 1 fully saturated rings. The first-order valence-electron chi connectivity index (χ1n) is 5.43. The Balaban J connectivity index is 2.24. The van der Waals surface area contributed by atoms with Gasteiger partial charge in [0.25, 0.3) is 0 Å². The average molecular weight is 198 g/mol. The number of rotatable bonds is 4. The number of hydrogen-bond donors (Lipinski definition) is 2. The molecular formula is C11H22N2O. The van der Waals surface area contributed by atoms with Gasteiger partial charge in [-0.05, 0) is 24.7 Å². The molecule has 1 rings (SSSR count). The molecular weight excluding hydrogens is 176 g/mol. The number of nitrogens with one attached hydrogen (secondary N) is 1. The summed E-state index contributed by atoms with van der Waals surface area (Å²) in [7, 11) is 0. The lowest BCUT2D eigenvalue weighted by Crippen LogP contribution is -2.36. The van der Waals surface area contributed by atoms with Crippen LogP contribution in [0.25, 0.3) is 0 Å². The molecule has 82 valence electrons. The maximum absolute atomic E-state index is 10.8. The predicted octanol–water partition coefficient (Wildman–Crippen LogP) is 1.28. The van der Waals surface area contributed by atoms with E-state index in [9.17, 15) is 4.79 Å². The Morgan fingerprint density at radius 2 is 2.29 bits per heavy atom. The maximum Gasteiger partial charge on any atom is 0.221 e. The summed E-state index contributed by atoms with van der Waals surface area (Å²) in [6.07, 6.45) is 3.70. The highest BCUT2D eigenvalue weighted by molar-refractivity contribution is 5.76. The molecule has 0 aromatic rings. The standard InChI is InChI=1S/C11H22N2O/c1-8(10(12)14)7-13-9-4-5-11(2,3)6-9/h8-9,13H,4-7H2,1-3H3,(H2,12,14). The molecule has 0 aliphatic heterocycles. The third kappa shape index (κ3) is 3.29. The van der Waals surface area contributed by atoms with Gasteiger partial charge in [0.15, 0.2) is 0 Å². The number of hydrogen-bond acceptors (Lipinski definition) is 2. The fourth-order valence-corrected chi connectivity index (χ4v) is 2.05. The van der Waals surface area contributed by atoms with Gasteiger partial charge in [-0.3, -0.25) is 4.79 Å². The highest BCUT2D eigenvalue weighted by Gasteiger charge is 2.30. The number of primary amides is 1. The topological polar surface area (TPSA) is 55.1 Å². The Hall–Kier alpha value is -0.570. The first-order valence-corrected chi connectivity index (χ1v) is 5.43. The normalized spacial score (nSPS) is 27.5. The highest BCUT2D eigenvalue weighted by Crippen LogP contribution is 2.36. The predicted molar refractivity (Wildman–Crippen MR) is 57.8 cm³/mol. The fourth-order valence-electron chi connectivity index (χ4n) is 2.05. The van der Waals surface area contributed by atoms with Gasteiger partial charge in [-0.25, -0.2) is 0 Å². The monoisotopic (exact) mass is 198 g/mol. The summed E-state index contributed by atoms with van der Waals surface area (Å²) in [5.41, 5.74) is 5.66. The fraction of sp³-hybridized carbons (Fsp3) is 0.909. The molecule has 0 heterocycles. The van der Waals surface area contributed by atoms with Crippen molar-refractivity contribution in [3.63, 3.8) is 0 Å². The van der Waals surface area contributed by atoms with Crippen LogP contribution in [0.2, 0.25) is 0 Å². The SMILES string of the molecule is CC(CNC1CCC(C)(C)C1)C(N)=O. The zero-order valence-corrected chi connectivity index (χ0v) is 9.47. The first kappa shape index (κ1) is 11.5. The molecule has 0 aromatic carbocycles. The van der Waals surface area contributed by atoms with Crippen molar-refractivity contribution in [3.05, 3.63) is 0 Å². The summed E-state index contributed by atoms with van der Waals surface area (Å²) in [4.78, 5) is 10.8. The Kier molecular flexibility index (Phi) is 3.53. The van der Waals surface area contributed by atoms with Gasteiger partial charge in [-0.1, -0.05) is 20.8 Å². The molecule has 2 atom stereocenters. The third-order valence-corrected chi connectivity index (χ3v) is 3.17. The molecule has 1 amide bonds. The van der Waals surface area contributed by atoms with Crippen LogP contribution in [0.4, 0.5) is 0 Å². The van der Waals surface area contributed by atoms with E-state index in [1.165, 1.54) is 19.3 Å². The lowest BCUT2D eigenvalue weighted by molar-refractivity contribution is -0.121. The summed E-state index contributed by atoms with van der Waals surface area (Å²) in [6.45, 7) is 7.18. The molecule has 2 unspecified atom stereocenters. The number of amides is 1. The molecule has 3 N–H and O–H groups in total. The van der Waals surface area contributed by atoms with Gasteiger partial charge in [0, 0.05) is 18.5 Å². The molecule has 3 nitrogen and oxygen atoms in total. The second-order valence-corrected chi connectivity index (χ2v) is 5.32. The largest absolute Gasteiger partial charge is 0.369 e. The number of carbonyl (C=O) groups is 1. The van der Waals surface area contributed by atoms with Crippen molar-refractivity contribution >= 4 is 5.91 Å². The van der Waals surface area contributed by atoms with Gasteiger partial charge < -0.3 is 11.1 Å². The number of nitrogens with two attached hydrogens (primary N) is 1. The van der Waals surface area contributed by atoms with Gasteiger partial charge in [-0.2, -0.15) is 0 Å². The molecule has 3 heteroatoms. The quantitative estimate of drug-likeness (QED) is 0.715. The van der Waals surface area contributed by atoms with Crippen LogP contribution in [0.3, 0.4) is 0 Å². The summed E-state index contributed by atoms with van der Waals surface area (Å²) >= 11 is 0. The van der Waals surface area contributed by atoms with Crippen molar-refractivity contribution in [3.8, 4) is 0 Å². The average Bonchev–Trinajstić information content (AvgIpc) is 2.41. The van der Waals surface area contributed by atoms with E-state index in [-0.39, 0.29) is 11.8 Å². The van der Waals surface area contributed by atoms with Crippen molar-refractivity contribution in [2.75, 3.05) is 6.54 Å². The molecule has 1 aliphatic rings. The summed E-state index contributed by atoms with van der Waals surface area (Å²) in [5, 5.41) is 3.42. The Morgan fingerprint density at radius 1 is 1.64 bits per heavy atom. The minimum atomic E-state index is -0.213. The Bertz CT molecular complexity index is 213. The van der Waals surface area contributed by atoms with E-state index in [0.717, 1.165) is 6.54 Å². The Labute approximate surface area is 86.4 Å². The van der Waals surface area contributed by atoms with Crippen molar-refractivity contribution in [2.24, 2.45) is 17.1 Å². The van der Waals surface area contributed by atoms with Crippen LogP contribution < -0.4 is 11.1 Å². The van der Waals surface area contributed by atoms with Gasteiger partial charge in [-0.15, -0.1) is 0 Å². The minimum Gasteiger partial charge on any atom is -0.369 e. The van der Waals surface area contributed by atoms with Gasteiger partial charge in [0.1, 0.15) is 0 Å². The lowest BCUT2D eigenvalue weighted by Gasteiger charge is -2.18. The summed E-state index contributed by atoms with van der Waals surface area (Å²) in [6, 6.07) is 0.576. The molecule has 0 aromatic heterocycles. The molecule has 0 spiro atoms. The van der Waals surface area contributed by atoms with Crippen molar-refractivity contribution in [1.82, 2.24) is 5.32 Å². The zero-order chi connectivity index (χ0) is 10.8. The Morgan fingerprint density at radius 3 is 2.71 bits per heavy atom. The molecule has 0 bridgehead atoms. The first-order chi connectivity index (χ1) is 6.41. The van der Waals surface area contributed by atoms with E-state index in [1.54, 1.807) is 0 Å². The van der Waals surface area contributed by atoms with Crippen molar-refractivity contribution in [1.29, 1.82) is 0 Å². The van der Waals surface area contributed by atoms with E-state index >= 15 is 0 Å². The second kappa shape index (κ2) is 4.30. The van der Waals surface area contributed by atoms with Crippen molar-refractivity contribution in [2.45, 2.75) is 46.1 Å². The van der Waals surface area contributed by atoms with Crippen LogP contribution in [-0.4, -0.2) is 18.5 Å². The summed E-state index contributed by atoms with van der Waals surface area (Å²) < 4.78 is 0. The van der Waals surface area contributed by atoms with Gasteiger partial charge in [0.2, 0.25) is 5.91 Å². The molecule has 14 heavy (non-hydrogen) atoms. The third-order valence-electron chi connectivity index (χ3n) is 3.17. The second-order valence-electron chi connectivity index (χ2n) is 5.32. The van der Waals surface area contributed by atoms with Crippen LogP contribution >= 0.6 is 0 Å². The van der Waals surface area contributed by atoms with E-state index < -0.39 is 0 Å². The van der Waals surface area contributed by atoms with Gasteiger partial charge in [0.05, 0.1) is 0 Å². The highest BCUT2D eigenvalue weighted by atomic mass is 16.1. The molecule has 0 radical (unpaired) electrons. The lowest BCUT2D eigenvalue weighted by atomic mass is 9.92. The van der Waals surface area contributed by atoms with Crippen LogP contribution in [0.1, 0.15) is 40.0 Å². The zero-order valence-electron chi connectivity index (χ0n) is 9.47. The van der Waals surface area contributed by atoms with E-state index in [4.69, 9.17) is 5.73 Å². The van der Waals surface area contributed by atoms with Gasteiger partial charge >= 0.3 is 0 Å². The van der Waals surface area contributed by atoms with E-state index in [2.05, 4.69) is 19.2 Å². The van der Waals surface area contributed by atoms with E-state index in [1.807, 2.05) is 6.92 Å². The molecule has 0 saturated heterocycles. The molecule has 1 saturated carbocycles. The maximum atomic E-state index is 10.8.